The van der Waals surface area contributed by atoms with Gasteiger partial charge in [-0.15, -0.1) is 23.5 Å². The van der Waals surface area contributed by atoms with E-state index in [2.05, 4.69) is 21.3 Å². The molecular weight excluding hydrogens is 352 g/mol. The predicted octanol–water partition coefficient (Wildman–Crippen LogP) is -1.29. The van der Waals surface area contributed by atoms with Gasteiger partial charge in [0.05, 0.1) is 23.0 Å². The first-order chi connectivity index (χ1) is 11.4. The van der Waals surface area contributed by atoms with E-state index < -0.39 is 0 Å². The van der Waals surface area contributed by atoms with Gasteiger partial charge in [-0.25, -0.2) is 0 Å². The van der Waals surface area contributed by atoms with Gasteiger partial charge in [0, 0.05) is 25.2 Å². The second-order valence-corrected chi connectivity index (χ2v) is 7.50. The summed E-state index contributed by atoms with van der Waals surface area (Å²) in [4.78, 5) is 46.8. The molecule has 1 heterocycles. The van der Waals surface area contributed by atoms with Crippen LogP contribution < -0.4 is 21.3 Å². The molecule has 4 N–H and O–H groups in total. The minimum Gasteiger partial charge on any atom is -0.353 e. The lowest BCUT2D eigenvalue weighted by Crippen LogP contribution is -2.44. The number of carbonyl (C=O) groups is 4. The molecule has 0 aromatic heterocycles. The van der Waals surface area contributed by atoms with Crippen molar-refractivity contribution in [1.82, 2.24) is 21.3 Å². The van der Waals surface area contributed by atoms with Crippen LogP contribution in [0.15, 0.2) is 0 Å². The van der Waals surface area contributed by atoms with Crippen molar-refractivity contribution in [3.63, 3.8) is 0 Å². The van der Waals surface area contributed by atoms with Gasteiger partial charge in [0.25, 0.3) is 0 Å². The van der Waals surface area contributed by atoms with E-state index in [1.165, 1.54) is 23.5 Å². The molecule has 1 fully saturated rings. The molecule has 1 aliphatic heterocycles. The van der Waals surface area contributed by atoms with E-state index in [1.807, 2.05) is 0 Å². The second-order valence-electron chi connectivity index (χ2n) is 5.53. The van der Waals surface area contributed by atoms with Crippen LogP contribution in [0.3, 0.4) is 0 Å². The summed E-state index contributed by atoms with van der Waals surface area (Å²) in [6.45, 7) is 4.21. The second kappa shape index (κ2) is 11.2. The Balaban J connectivity index is 2.53. The Hall–Kier alpha value is -1.42. The van der Waals surface area contributed by atoms with E-state index in [0.29, 0.717) is 13.1 Å². The minimum absolute atomic E-state index is 0.174. The smallest absolute Gasteiger partial charge is 0.230 e. The van der Waals surface area contributed by atoms with Crippen LogP contribution in [0.1, 0.15) is 13.8 Å². The molecular formula is C14H24N4O4S2. The van der Waals surface area contributed by atoms with Crippen molar-refractivity contribution in [3.8, 4) is 0 Å². The van der Waals surface area contributed by atoms with E-state index >= 15 is 0 Å². The molecule has 1 aliphatic rings. The van der Waals surface area contributed by atoms with Crippen molar-refractivity contribution < 1.29 is 19.2 Å². The molecule has 0 aromatic carbocycles. The number of hydrogen-bond donors (Lipinski definition) is 4. The quantitative estimate of drug-likeness (QED) is 0.418. The summed E-state index contributed by atoms with van der Waals surface area (Å²) >= 11 is 2.43. The van der Waals surface area contributed by atoms with Gasteiger partial charge in [-0.05, 0) is 13.8 Å². The molecule has 1 saturated heterocycles. The molecule has 1 rings (SSSR count). The molecule has 10 heteroatoms. The largest absolute Gasteiger partial charge is 0.353 e. The Morgan fingerprint density at radius 1 is 0.667 bits per heavy atom. The van der Waals surface area contributed by atoms with Gasteiger partial charge in [-0.3, -0.25) is 19.2 Å². The van der Waals surface area contributed by atoms with Crippen LogP contribution in [0, 0.1) is 0 Å². The molecule has 0 saturated carbocycles. The van der Waals surface area contributed by atoms with Crippen molar-refractivity contribution >= 4 is 47.2 Å². The molecule has 0 spiro atoms. The summed E-state index contributed by atoms with van der Waals surface area (Å²) < 4.78 is 0. The van der Waals surface area contributed by atoms with Crippen molar-refractivity contribution in [3.05, 3.63) is 0 Å². The zero-order valence-electron chi connectivity index (χ0n) is 13.8. The van der Waals surface area contributed by atoms with Crippen LogP contribution in [0.5, 0.6) is 0 Å². The SMILES string of the molecule is CC1CNC(=O)CSCC(=O)NC(C)CNC(=O)CSCC(=O)N1. The third-order valence-electron chi connectivity index (χ3n) is 2.96. The van der Waals surface area contributed by atoms with Gasteiger partial charge >= 0.3 is 0 Å². The number of carbonyl (C=O) groups excluding carboxylic acids is 4. The molecule has 0 radical (unpaired) electrons. The van der Waals surface area contributed by atoms with E-state index in [-0.39, 0.29) is 58.7 Å². The summed E-state index contributed by atoms with van der Waals surface area (Å²) in [6, 6.07) is -0.409. The lowest BCUT2D eigenvalue weighted by Gasteiger charge is -2.16. The maximum atomic E-state index is 11.7. The highest BCUT2D eigenvalue weighted by atomic mass is 32.2. The molecule has 24 heavy (non-hydrogen) atoms. The first kappa shape index (κ1) is 20.6. The van der Waals surface area contributed by atoms with Crippen LogP contribution in [-0.2, 0) is 19.2 Å². The van der Waals surface area contributed by atoms with Crippen LogP contribution in [0.25, 0.3) is 0 Å². The summed E-state index contributed by atoms with van der Waals surface area (Å²) in [7, 11) is 0. The van der Waals surface area contributed by atoms with Crippen LogP contribution in [-0.4, -0.2) is 71.8 Å². The fraction of sp³-hybridized carbons (Fsp3) is 0.714. The van der Waals surface area contributed by atoms with Crippen LogP contribution in [0.2, 0.25) is 0 Å². The zero-order chi connectivity index (χ0) is 17.9. The lowest BCUT2D eigenvalue weighted by atomic mass is 10.3. The number of thioether (sulfide) groups is 2. The Morgan fingerprint density at radius 3 is 1.38 bits per heavy atom. The van der Waals surface area contributed by atoms with Crippen LogP contribution in [0.4, 0.5) is 0 Å². The normalized spacial score (nSPS) is 26.2. The average molecular weight is 377 g/mol. The molecule has 136 valence electrons. The number of nitrogens with one attached hydrogen (secondary N) is 4. The van der Waals surface area contributed by atoms with Gasteiger partial charge < -0.3 is 21.3 Å². The van der Waals surface area contributed by atoms with E-state index in [1.54, 1.807) is 13.8 Å². The Bertz CT molecular complexity index is 434. The highest BCUT2D eigenvalue weighted by molar-refractivity contribution is 8.00. The van der Waals surface area contributed by atoms with Crippen molar-refractivity contribution in [2.75, 3.05) is 36.1 Å². The van der Waals surface area contributed by atoms with Gasteiger partial charge in [0.15, 0.2) is 0 Å². The van der Waals surface area contributed by atoms with Gasteiger partial charge in [0.1, 0.15) is 0 Å². The topological polar surface area (TPSA) is 116 Å². The fourth-order valence-corrected chi connectivity index (χ4v) is 3.16. The molecule has 0 bridgehead atoms. The average Bonchev–Trinajstić information content (AvgIpc) is 2.50. The third kappa shape index (κ3) is 9.66. The Morgan fingerprint density at radius 2 is 1.00 bits per heavy atom. The van der Waals surface area contributed by atoms with Crippen molar-refractivity contribution in [1.29, 1.82) is 0 Å². The van der Waals surface area contributed by atoms with E-state index in [0.717, 1.165) is 0 Å². The maximum Gasteiger partial charge on any atom is 0.230 e. The molecule has 0 aliphatic carbocycles. The Labute approximate surface area is 150 Å². The van der Waals surface area contributed by atoms with Gasteiger partial charge in [0.2, 0.25) is 23.6 Å². The lowest BCUT2D eigenvalue weighted by molar-refractivity contribution is -0.121. The molecule has 0 aromatic rings. The van der Waals surface area contributed by atoms with Gasteiger partial charge in [-0.1, -0.05) is 0 Å². The first-order valence-electron chi connectivity index (χ1n) is 7.64. The monoisotopic (exact) mass is 376 g/mol. The minimum atomic E-state index is -0.205. The maximum absolute atomic E-state index is 11.7. The molecule has 2 atom stereocenters. The van der Waals surface area contributed by atoms with Gasteiger partial charge in [-0.2, -0.15) is 0 Å². The van der Waals surface area contributed by atoms with Crippen LogP contribution >= 0.6 is 23.5 Å². The number of rotatable bonds is 0. The molecule has 2 unspecified atom stereocenters. The summed E-state index contributed by atoms with van der Waals surface area (Å²) in [5.41, 5.74) is 0. The molecule has 4 amide bonds. The summed E-state index contributed by atoms with van der Waals surface area (Å²) in [6.07, 6.45) is 0. The molecule has 8 nitrogen and oxygen atoms in total. The fourth-order valence-electron chi connectivity index (χ4n) is 1.84. The third-order valence-corrected chi connectivity index (χ3v) is 4.82. The summed E-state index contributed by atoms with van der Waals surface area (Å²) in [5, 5.41) is 10.9. The Kier molecular flexibility index (Phi) is 9.62. The predicted molar refractivity (Wildman–Crippen MR) is 95.9 cm³/mol. The van der Waals surface area contributed by atoms with Crippen molar-refractivity contribution in [2.24, 2.45) is 0 Å². The number of hydrogen-bond acceptors (Lipinski definition) is 6. The van der Waals surface area contributed by atoms with Crippen molar-refractivity contribution in [2.45, 2.75) is 25.9 Å². The highest BCUT2D eigenvalue weighted by Gasteiger charge is 2.13. The first-order valence-corrected chi connectivity index (χ1v) is 9.95. The standard InChI is InChI=1S/C14H24N4O4S2/c1-9-3-15-11(19)5-24-8-14(22)18-10(2)4-16-12(20)6-23-7-13(21)17-9/h9-10H,3-8H2,1-2H3,(H,15,19)(H,16,20)(H,17,21)(H,18,22). The van der Waals surface area contributed by atoms with E-state index in [4.69, 9.17) is 0 Å². The summed E-state index contributed by atoms with van der Waals surface area (Å²) in [5.74, 6) is -0.00281. The number of amides is 4. The zero-order valence-corrected chi connectivity index (χ0v) is 15.5. The van der Waals surface area contributed by atoms with E-state index in [9.17, 15) is 19.2 Å². The highest BCUT2D eigenvalue weighted by Crippen LogP contribution is 2.01.